The lowest BCUT2D eigenvalue weighted by molar-refractivity contribution is -0.0826. The SMILES string of the molecule is COc1ccc(COCC(O)CN2CC(C)OC(C)C2)cc1OC.[Cl-]. The molecular formula is C18H29ClNO5-. The predicted octanol–water partition coefficient (Wildman–Crippen LogP) is -1.31. The molecule has 3 unspecified atom stereocenters. The Kier molecular flexibility index (Phi) is 9.53. The normalized spacial score (nSPS) is 22.1. The molecule has 1 saturated heterocycles. The number of benzene rings is 1. The number of aliphatic hydroxyl groups excluding tert-OH is 1. The molecule has 0 radical (unpaired) electrons. The molecule has 1 aromatic rings. The number of ether oxygens (including phenoxy) is 4. The van der Waals surface area contributed by atoms with E-state index in [9.17, 15) is 5.11 Å². The monoisotopic (exact) mass is 374 g/mol. The number of nitrogens with zero attached hydrogens (tertiary/aromatic N) is 1. The highest BCUT2D eigenvalue weighted by Gasteiger charge is 2.23. The van der Waals surface area contributed by atoms with Crippen molar-refractivity contribution in [2.45, 2.75) is 38.8 Å². The summed E-state index contributed by atoms with van der Waals surface area (Å²) >= 11 is 0. The summed E-state index contributed by atoms with van der Waals surface area (Å²) in [5, 5.41) is 10.2. The predicted molar refractivity (Wildman–Crippen MR) is 91.7 cm³/mol. The van der Waals surface area contributed by atoms with Crippen LogP contribution in [-0.2, 0) is 16.1 Å². The molecule has 0 spiro atoms. The van der Waals surface area contributed by atoms with Crippen LogP contribution in [0.15, 0.2) is 18.2 Å². The Morgan fingerprint density at radius 2 is 1.80 bits per heavy atom. The molecule has 2 rings (SSSR count). The van der Waals surface area contributed by atoms with Crippen LogP contribution in [0, 0.1) is 0 Å². The minimum Gasteiger partial charge on any atom is -1.00 e. The topological polar surface area (TPSA) is 60.4 Å². The molecule has 7 heteroatoms. The van der Waals surface area contributed by atoms with Gasteiger partial charge in [0.15, 0.2) is 11.5 Å². The second-order valence-corrected chi connectivity index (χ2v) is 6.33. The van der Waals surface area contributed by atoms with Crippen LogP contribution < -0.4 is 21.9 Å². The molecule has 1 heterocycles. The van der Waals surface area contributed by atoms with E-state index in [1.54, 1.807) is 14.2 Å². The van der Waals surface area contributed by atoms with Crippen molar-refractivity contribution in [2.75, 3.05) is 40.5 Å². The van der Waals surface area contributed by atoms with Crippen LogP contribution in [-0.4, -0.2) is 68.8 Å². The molecule has 1 N–H and O–H groups in total. The molecule has 6 nitrogen and oxygen atoms in total. The summed E-state index contributed by atoms with van der Waals surface area (Å²) in [5.41, 5.74) is 0.980. The Labute approximate surface area is 156 Å². The van der Waals surface area contributed by atoms with Gasteiger partial charge in [0.1, 0.15) is 0 Å². The number of rotatable bonds is 8. The lowest BCUT2D eigenvalue weighted by atomic mass is 10.2. The fraction of sp³-hybridized carbons (Fsp3) is 0.667. The molecule has 3 atom stereocenters. The summed E-state index contributed by atoms with van der Waals surface area (Å²) in [6.45, 7) is 7.13. The molecule has 0 aromatic heterocycles. The Balaban J connectivity index is 0.00000312. The van der Waals surface area contributed by atoms with Gasteiger partial charge in [0, 0.05) is 19.6 Å². The second kappa shape index (κ2) is 10.8. The van der Waals surface area contributed by atoms with Crippen molar-refractivity contribution >= 4 is 0 Å². The van der Waals surface area contributed by atoms with Gasteiger partial charge < -0.3 is 36.5 Å². The van der Waals surface area contributed by atoms with Crippen LogP contribution in [0.3, 0.4) is 0 Å². The molecule has 144 valence electrons. The number of hydrogen-bond donors (Lipinski definition) is 1. The van der Waals surface area contributed by atoms with E-state index in [0.29, 0.717) is 31.3 Å². The molecule has 1 fully saturated rings. The fourth-order valence-corrected chi connectivity index (χ4v) is 3.07. The van der Waals surface area contributed by atoms with Crippen LogP contribution >= 0.6 is 0 Å². The van der Waals surface area contributed by atoms with E-state index in [-0.39, 0.29) is 24.6 Å². The van der Waals surface area contributed by atoms with Gasteiger partial charge in [0.2, 0.25) is 0 Å². The smallest absolute Gasteiger partial charge is 0.161 e. The van der Waals surface area contributed by atoms with E-state index in [4.69, 9.17) is 18.9 Å². The van der Waals surface area contributed by atoms with Gasteiger partial charge in [-0.1, -0.05) is 6.07 Å². The number of β-amino-alcohol motifs (C(OH)–C–C–N with tert-alkyl or cyclic N) is 1. The maximum Gasteiger partial charge on any atom is 0.161 e. The van der Waals surface area contributed by atoms with Crippen molar-refractivity contribution in [1.29, 1.82) is 0 Å². The summed E-state index contributed by atoms with van der Waals surface area (Å²) in [4.78, 5) is 2.23. The lowest BCUT2D eigenvalue weighted by Crippen LogP contribution is -3.00. The largest absolute Gasteiger partial charge is 1.00 e. The average Bonchev–Trinajstić information content (AvgIpc) is 2.53. The zero-order valence-electron chi connectivity index (χ0n) is 15.4. The lowest BCUT2D eigenvalue weighted by Gasteiger charge is -2.36. The van der Waals surface area contributed by atoms with Gasteiger partial charge in [-0.2, -0.15) is 0 Å². The summed E-state index contributed by atoms with van der Waals surface area (Å²) in [7, 11) is 3.22. The van der Waals surface area contributed by atoms with Crippen molar-refractivity contribution in [3.05, 3.63) is 23.8 Å². The van der Waals surface area contributed by atoms with Crippen molar-refractivity contribution in [3.8, 4) is 11.5 Å². The standard InChI is InChI=1S/C18H29NO5.ClH/c1-13-8-19(9-14(2)24-13)10-16(20)12-23-11-15-5-6-17(21-3)18(7-15)22-4;/h5-7,13-14,16,20H,8-12H2,1-4H3;1H/p-1. The molecular weight excluding hydrogens is 346 g/mol. The van der Waals surface area contributed by atoms with E-state index in [1.807, 2.05) is 18.2 Å². The molecule has 1 aliphatic rings. The van der Waals surface area contributed by atoms with Gasteiger partial charge in [-0.05, 0) is 31.5 Å². The third kappa shape index (κ3) is 6.99. The Morgan fingerprint density at radius 1 is 1.16 bits per heavy atom. The van der Waals surface area contributed by atoms with Gasteiger partial charge in [-0.15, -0.1) is 0 Å². The first-order valence-electron chi connectivity index (χ1n) is 8.36. The molecule has 1 aromatic carbocycles. The van der Waals surface area contributed by atoms with E-state index in [0.717, 1.165) is 18.7 Å². The van der Waals surface area contributed by atoms with Crippen molar-refractivity contribution < 1.29 is 36.5 Å². The van der Waals surface area contributed by atoms with E-state index >= 15 is 0 Å². The number of methoxy groups -OCH3 is 2. The Morgan fingerprint density at radius 3 is 2.40 bits per heavy atom. The van der Waals surface area contributed by atoms with Crippen LogP contribution in [0.4, 0.5) is 0 Å². The van der Waals surface area contributed by atoms with E-state index in [2.05, 4.69) is 18.7 Å². The molecule has 0 amide bonds. The van der Waals surface area contributed by atoms with Gasteiger partial charge >= 0.3 is 0 Å². The number of halogens is 1. The van der Waals surface area contributed by atoms with Crippen LogP contribution in [0.1, 0.15) is 19.4 Å². The van der Waals surface area contributed by atoms with Crippen molar-refractivity contribution in [3.63, 3.8) is 0 Å². The first-order chi connectivity index (χ1) is 11.5. The summed E-state index contributed by atoms with van der Waals surface area (Å²) in [6, 6.07) is 5.67. The van der Waals surface area contributed by atoms with Crippen LogP contribution in [0.2, 0.25) is 0 Å². The van der Waals surface area contributed by atoms with Crippen molar-refractivity contribution in [1.82, 2.24) is 4.90 Å². The highest BCUT2D eigenvalue weighted by molar-refractivity contribution is 5.42. The first kappa shape index (κ1) is 22.0. The van der Waals surface area contributed by atoms with Gasteiger partial charge in [-0.3, -0.25) is 4.90 Å². The Hall–Kier alpha value is -1.05. The number of morpholine rings is 1. The third-order valence-electron chi connectivity index (χ3n) is 3.99. The zero-order valence-corrected chi connectivity index (χ0v) is 16.2. The molecule has 0 aliphatic carbocycles. The summed E-state index contributed by atoms with van der Waals surface area (Å²) < 4.78 is 21.8. The van der Waals surface area contributed by atoms with Gasteiger partial charge in [0.25, 0.3) is 0 Å². The maximum atomic E-state index is 10.2. The van der Waals surface area contributed by atoms with Crippen molar-refractivity contribution in [2.24, 2.45) is 0 Å². The Bertz CT molecular complexity index is 506. The average molecular weight is 375 g/mol. The number of hydrogen-bond acceptors (Lipinski definition) is 6. The first-order valence-corrected chi connectivity index (χ1v) is 8.36. The van der Waals surface area contributed by atoms with Gasteiger partial charge in [-0.25, -0.2) is 0 Å². The van der Waals surface area contributed by atoms with Gasteiger partial charge in [0.05, 0.1) is 45.7 Å². The van der Waals surface area contributed by atoms with E-state index < -0.39 is 6.10 Å². The molecule has 1 aliphatic heterocycles. The minimum absolute atomic E-state index is 0. The van der Waals surface area contributed by atoms with Crippen LogP contribution in [0.25, 0.3) is 0 Å². The second-order valence-electron chi connectivity index (χ2n) is 6.33. The summed E-state index contributed by atoms with van der Waals surface area (Å²) in [6.07, 6.45) is -0.107. The number of aliphatic hydroxyl groups is 1. The summed E-state index contributed by atoms with van der Waals surface area (Å²) in [5.74, 6) is 1.37. The maximum absolute atomic E-state index is 10.2. The highest BCUT2D eigenvalue weighted by Crippen LogP contribution is 2.27. The minimum atomic E-state index is -0.511. The highest BCUT2D eigenvalue weighted by atomic mass is 35.5. The fourth-order valence-electron chi connectivity index (χ4n) is 3.07. The third-order valence-corrected chi connectivity index (χ3v) is 3.99. The van der Waals surface area contributed by atoms with E-state index in [1.165, 1.54) is 0 Å². The molecule has 0 saturated carbocycles. The van der Waals surface area contributed by atoms with Crippen LogP contribution in [0.5, 0.6) is 11.5 Å². The zero-order chi connectivity index (χ0) is 17.5. The molecule has 25 heavy (non-hydrogen) atoms. The molecule has 0 bridgehead atoms. The quantitative estimate of drug-likeness (QED) is 0.610.